The van der Waals surface area contributed by atoms with E-state index in [1.54, 1.807) is 0 Å². The molecule has 0 spiro atoms. The Balaban J connectivity index is 1.84. The summed E-state index contributed by atoms with van der Waals surface area (Å²) in [6, 6.07) is 10.8. The summed E-state index contributed by atoms with van der Waals surface area (Å²) in [5.74, 6) is 0.975. The number of nitrogens with zero attached hydrogens (tertiary/aromatic N) is 1. The zero-order valence-corrected chi connectivity index (χ0v) is 12.7. The number of ether oxygens (including phenoxy) is 1. The van der Waals surface area contributed by atoms with Crippen LogP contribution < -0.4 is 10.1 Å². The molecule has 1 atom stereocenters. The van der Waals surface area contributed by atoms with Crippen molar-refractivity contribution in [2.24, 2.45) is 0 Å². The molecule has 0 saturated heterocycles. The number of rotatable bonds is 6. The van der Waals surface area contributed by atoms with Crippen LogP contribution >= 0.6 is 0 Å². The summed E-state index contributed by atoms with van der Waals surface area (Å²) in [6.07, 6.45) is 6.61. The van der Waals surface area contributed by atoms with Crippen molar-refractivity contribution in [2.75, 3.05) is 6.54 Å². The van der Waals surface area contributed by atoms with E-state index >= 15 is 0 Å². The van der Waals surface area contributed by atoms with E-state index in [9.17, 15) is 0 Å². The van der Waals surface area contributed by atoms with Crippen molar-refractivity contribution in [3.05, 3.63) is 59.4 Å². The van der Waals surface area contributed by atoms with E-state index < -0.39 is 0 Å². The van der Waals surface area contributed by atoms with Gasteiger partial charge >= 0.3 is 0 Å². The molecule has 0 aliphatic heterocycles. The van der Waals surface area contributed by atoms with Crippen LogP contribution in [-0.2, 0) is 0 Å². The molecule has 1 unspecified atom stereocenters. The van der Waals surface area contributed by atoms with Gasteiger partial charge in [-0.2, -0.15) is 0 Å². The quantitative estimate of drug-likeness (QED) is 0.878. The zero-order valence-electron chi connectivity index (χ0n) is 12.7. The molecule has 1 aromatic heterocycles. The Morgan fingerprint density at radius 1 is 1.24 bits per heavy atom. The van der Waals surface area contributed by atoms with E-state index in [2.05, 4.69) is 54.5 Å². The Labute approximate surface area is 126 Å². The smallest absolute Gasteiger partial charge is 0.119 e. The fourth-order valence-electron chi connectivity index (χ4n) is 2.54. The van der Waals surface area contributed by atoms with Crippen LogP contribution in [0.4, 0.5) is 0 Å². The normalized spacial score (nSPS) is 15.7. The Kier molecular flexibility index (Phi) is 4.20. The number of pyridine rings is 1. The lowest BCUT2D eigenvalue weighted by Crippen LogP contribution is -2.22. The number of hydrogen-bond donors (Lipinski definition) is 1. The second kappa shape index (κ2) is 6.27. The van der Waals surface area contributed by atoms with Crippen LogP contribution in [0, 0.1) is 6.92 Å². The van der Waals surface area contributed by atoms with Crippen LogP contribution in [0.25, 0.3) is 0 Å². The highest BCUT2D eigenvalue weighted by Gasteiger charge is 2.23. The first-order valence-corrected chi connectivity index (χ1v) is 7.68. The van der Waals surface area contributed by atoms with Gasteiger partial charge in [-0.1, -0.05) is 19.1 Å². The average Bonchev–Trinajstić information content (AvgIpc) is 3.31. The molecule has 3 nitrogen and oxygen atoms in total. The fourth-order valence-corrected chi connectivity index (χ4v) is 2.54. The molecule has 2 aromatic rings. The average molecular weight is 282 g/mol. The molecule has 1 aliphatic carbocycles. The van der Waals surface area contributed by atoms with Gasteiger partial charge in [-0.25, -0.2) is 0 Å². The van der Waals surface area contributed by atoms with Crippen LogP contribution in [0.1, 0.15) is 42.5 Å². The third kappa shape index (κ3) is 3.42. The molecule has 0 bridgehead atoms. The van der Waals surface area contributed by atoms with Gasteiger partial charge in [0, 0.05) is 12.4 Å². The zero-order chi connectivity index (χ0) is 14.7. The van der Waals surface area contributed by atoms with Gasteiger partial charge in [0.05, 0.1) is 12.1 Å². The molecule has 0 amide bonds. The number of benzene rings is 1. The van der Waals surface area contributed by atoms with Crippen molar-refractivity contribution in [1.82, 2.24) is 10.3 Å². The van der Waals surface area contributed by atoms with Gasteiger partial charge in [0.2, 0.25) is 0 Å². The fraction of sp³-hybridized carbons (Fsp3) is 0.389. The summed E-state index contributed by atoms with van der Waals surface area (Å²) in [4.78, 5) is 4.19. The molecule has 3 rings (SSSR count). The van der Waals surface area contributed by atoms with Crippen LogP contribution in [0.3, 0.4) is 0 Å². The van der Waals surface area contributed by atoms with Crippen molar-refractivity contribution < 1.29 is 4.74 Å². The van der Waals surface area contributed by atoms with E-state index in [0.717, 1.165) is 12.3 Å². The second-order valence-corrected chi connectivity index (χ2v) is 5.61. The highest BCUT2D eigenvalue weighted by Crippen LogP contribution is 2.29. The van der Waals surface area contributed by atoms with E-state index in [4.69, 9.17) is 4.74 Å². The third-order valence-electron chi connectivity index (χ3n) is 3.82. The largest absolute Gasteiger partial charge is 0.490 e. The van der Waals surface area contributed by atoms with Crippen LogP contribution in [0.5, 0.6) is 5.75 Å². The predicted molar refractivity (Wildman–Crippen MR) is 84.6 cm³/mol. The van der Waals surface area contributed by atoms with Crippen molar-refractivity contribution in [3.63, 3.8) is 0 Å². The standard InChI is InChI=1S/C18H22N2O/c1-3-20-18(17-10-11-19-12-13(17)2)14-4-6-15(7-5-14)21-16-8-9-16/h4-7,10-12,16,18,20H,3,8-9H2,1-2H3. The first kappa shape index (κ1) is 14.1. The molecular formula is C18H22N2O. The van der Waals surface area contributed by atoms with Gasteiger partial charge in [-0.05, 0) is 61.2 Å². The van der Waals surface area contributed by atoms with Crippen molar-refractivity contribution in [2.45, 2.75) is 38.8 Å². The summed E-state index contributed by atoms with van der Waals surface area (Å²) in [7, 11) is 0. The molecule has 1 aromatic carbocycles. The van der Waals surface area contributed by atoms with Crippen molar-refractivity contribution in [3.8, 4) is 5.75 Å². The molecule has 1 heterocycles. The lowest BCUT2D eigenvalue weighted by molar-refractivity contribution is 0.303. The van der Waals surface area contributed by atoms with Crippen LogP contribution in [0.2, 0.25) is 0 Å². The van der Waals surface area contributed by atoms with E-state index in [-0.39, 0.29) is 6.04 Å². The van der Waals surface area contributed by atoms with Crippen LogP contribution in [-0.4, -0.2) is 17.6 Å². The predicted octanol–water partition coefficient (Wildman–Crippen LogP) is 3.63. The third-order valence-corrected chi connectivity index (χ3v) is 3.82. The van der Waals surface area contributed by atoms with Crippen molar-refractivity contribution in [1.29, 1.82) is 0 Å². The first-order chi connectivity index (χ1) is 10.3. The summed E-state index contributed by atoms with van der Waals surface area (Å²) >= 11 is 0. The minimum atomic E-state index is 0.202. The van der Waals surface area contributed by atoms with Gasteiger partial charge in [0.1, 0.15) is 5.75 Å². The molecule has 1 saturated carbocycles. The minimum Gasteiger partial charge on any atom is -0.490 e. The number of aromatic nitrogens is 1. The van der Waals surface area contributed by atoms with Crippen LogP contribution in [0.15, 0.2) is 42.7 Å². The maximum atomic E-state index is 5.82. The van der Waals surface area contributed by atoms with Gasteiger partial charge in [0.15, 0.2) is 0 Å². The lowest BCUT2D eigenvalue weighted by atomic mass is 9.96. The lowest BCUT2D eigenvalue weighted by Gasteiger charge is -2.21. The van der Waals surface area contributed by atoms with Crippen molar-refractivity contribution >= 4 is 0 Å². The summed E-state index contributed by atoms with van der Waals surface area (Å²) in [5, 5.41) is 3.56. The Morgan fingerprint density at radius 3 is 2.62 bits per heavy atom. The molecular weight excluding hydrogens is 260 g/mol. The van der Waals surface area contributed by atoms with Gasteiger partial charge in [0.25, 0.3) is 0 Å². The summed E-state index contributed by atoms with van der Waals surface area (Å²) in [5.41, 5.74) is 3.75. The topological polar surface area (TPSA) is 34.1 Å². The van der Waals surface area contributed by atoms with E-state index in [1.807, 2.05) is 12.4 Å². The minimum absolute atomic E-state index is 0.202. The highest BCUT2D eigenvalue weighted by atomic mass is 16.5. The van der Waals surface area contributed by atoms with E-state index in [1.165, 1.54) is 29.5 Å². The number of hydrogen-bond acceptors (Lipinski definition) is 3. The summed E-state index contributed by atoms with van der Waals surface area (Å²) in [6.45, 7) is 5.16. The first-order valence-electron chi connectivity index (χ1n) is 7.68. The van der Waals surface area contributed by atoms with Gasteiger partial charge < -0.3 is 10.1 Å². The molecule has 21 heavy (non-hydrogen) atoms. The molecule has 1 N–H and O–H groups in total. The Hall–Kier alpha value is -1.87. The molecule has 0 radical (unpaired) electrons. The van der Waals surface area contributed by atoms with E-state index in [0.29, 0.717) is 6.10 Å². The SMILES string of the molecule is CCNC(c1ccc(OC2CC2)cc1)c1ccncc1C. The maximum Gasteiger partial charge on any atom is 0.119 e. The van der Waals surface area contributed by atoms with Gasteiger partial charge in [-0.3, -0.25) is 4.98 Å². The molecule has 110 valence electrons. The van der Waals surface area contributed by atoms with Gasteiger partial charge in [-0.15, -0.1) is 0 Å². The second-order valence-electron chi connectivity index (χ2n) is 5.61. The highest BCUT2D eigenvalue weighted by molar-refractivity contribution is 5.37. The maximum absolute atomic E-state index is 5.82. The summed E-state index contributed by atoms with van der Waals surface area (Å²) < 4.78 is 5.82. The number of aryl methyl sites for hydroxylation is 1. The number of nitrogens with one attached hydrogen (secondary N) is 1. The Morgan fingerprint density at radius 2 is 2.00 bits per heavy atom. The Bertz CT molecular complexity index is 590. The molecule has 1 fully saturated rings. The molecule has 1 aliphatic rings. The monoisotopic (exact) mass is 282 g/mol. The molecule has 3 heteroatoms.